The first-order chi connectivity index (χ1) is 11.7. The van der Waals surface area contributed by atoms with Crippen molar-refractivity contribution in [2.24, 2.45) is 10.9 Å². The van der Waals surface area contributed by atoms with E-state index >= 15 is 0 Å². The molecule has 0 radical (unpaired) electrons. The van der Waals surface area contributed by atoms with Crippen LogP contribution >= 0.6 is 11.5 Å². The highest BCUT2D eigenvalue weighted by atomic mass is 32.1. The van der Waals surface area contributed by atoms with Gasteiger partial charge in [0.2, 0.25) is 5.13 Å². The molecule has 1 saturated heterocycles. The van der Waals surface area contributed by atoms with E-state index in [1.807, 2.05) is 0 Å². The van der Waals surface area contributed by atoms with Gasteiger partial charge in [0.1, 0.15) is 5.82 Å². The van der Waals surface area contributed by atoms with Crippen LogP contribution in [0.2, 0.25) is 0 Å². The molecule has 0 bridgehead atoms. The summed E-state index contributed by atoms with van der Waals surface area (Å²) in [6.45, 7) is 14.5. The third kappa shape index (κ3) is 5.06. The smallest absolute Gasteiger partial charge is 0.205 e. The number of nitrogens with zero attached hydrogens (tertiary/aromatic N) is 5. The van der Waals surface area contributed by atoms with E-state index < -0.39 is 0 Å². The Kier molecular flexibility index (Phi) is 7.75. The van der Waals surface area contributed by atoms with Crippen molar-refractivity contribution in [3.05, 3.63) is 5.82 Å². The monoisotopic (exact) mass is 352 g/mol. The van der Waals surface area contributed by atoms with Crippen molar-refractivity contribution in [1.29, 1.82) is 0 Å². The van der Waals surface area contributed by atoms with Crippen LogP contribution in [0.25, 0.3) is 0 Å². The van der Waals surface area contributed by atoms with Gasteiger partial charge in [0.15, 0.2) is 5.96 Å². The van der Waals surface area contributed by atoms with Crippen molar-refractivity contribution in [3.8, 4) is 0 Å². The minimum atomic E-state index is 0.689. The Morgan fingerprint density at radius 2 is 1.88 bits per heavy atom. The van der Waals surface area contributed by atoms with E-state index in [1.165, 1.54) is 24.4 Å². The minimum Gasteiger partial charge on any atom is -0.357 e. The molecule has 1 N–H and O–H groups in total. The van der Waals surface area contributed by atoms with Gasteiger partial charge in [-0.25, -0.2) is 4.98 Å². The van der Waals surface area contributed by atoms with E-state index in [9.17, 15) is 0 Å². The average Bonchev–Trinajstić information content (AvgIpc) is 3.11. The molecule has 1 aromatic rings. The molecule has 2 rings (SSSR count). The van der Waals surface area contributed by atoms with Crippen LogP contribution in [-0.4, -0.2) is 59.5 Å². The summed E-state index contributed by atoms with van der Waals surface area (Å²) in [5, 5.41) is 4.52. The molecule has 1 aromatic heterocycles. The Balaban J connectivity index is 1.93. The SMILES string of the molecule is CCNC(=NCC(CC)CC)N1CCN(c2nc(CC)ns2)CC1. The van der Waals surface area contributed by atoms with Crippen molar-refractivity contribution in [3.63, 3.8) is 0 Å². The second-order valence-corrected chi connectivity index (χ2v) is 6.93. The molecule has 1 aliphatic heterocycles. The van der Waals surface area contributed by atoms with E-state index in [0.29, 0.717) is 5.92 Å². The fraction of sp³-hybridized carbons (Fsp3) is 0.824. The maximum absolute atomic E-state index is 4.88. The highest BCUT2D eigenvalue weighted by Gasteiger charge is 2.22. The van der Waals surface area contributed by atoms with Crippen LogP contribution in [-0.2, 0) is 6.42 Å². The number of anilines is 1. The molecule has 2 heterocycles. The zero-order chi connectivity index (χ0) is 17.4. The van der Waals surface area contributed by atoms with Crippen molar-refractivity contribution >= 4 is 22.6 Å². The molecule has 0 unspecified atom stereocenters. The third-order valence-electron chi connectivity index (χ3n) is 4.61. The summed E-state index contributed by atoms with van der Waals surface area (Å²) in [5.74, 6) is 2.71. The van der Waals surface area contributed by atoms with Crippen LogP contribution in [0.3, 0.4) is 0 Å². The van der Waals surface area contributed by atoms with E-state index in [-0.39, 0.29) is 0 Å². The summed E-state index contributed by atoms with van der Waals surface area (Å²) in [7, 11) is 0. The number of rotatable bonds is 7. The number of aromatic nitrogens is 2. The average molecular weight is 353 g/mol. The lowest BCUT2D eigenvalue weighted by atomic mass is 10.0. The summed E-state index contributed by atoms with van der Waals surface area (Å²) < 4.78 is 4.40. The summed E-state index contributed by atoms with van der Waals surface area (Å²) in [6, 6.07) is 0. The van der Waals surface area contributed by atoms with E-state index in [4.69, 9.17) is 4.99 Å². The molecule has 0 saturated carbocycles. The molecule has 6 nitrogen and oxygen atoms in total. The molecular weight excluding hydrogens is 320 g/mol. The third-order valence-corrected chi connectivity index (χ3v) is 5.43. The molecular formula is C17H32N6S. The van der Waals surface area contributed by atoms with Gasteiger partial charge in [-0.05, 0) is 12.8 Å². The molecule has 0 atom stereocenters. The van der Waals surface area contributed by atoms with Gasteiger partial charge in [-0.3, -0.25) is 4.99 Å². The first-order valence-electron chi connectivity index (χ1n) is 9.32. The normalized spacial score (nSPS) is 16.1. The number of guanidine groups is 1. The summed E-state index contributed by atoms with van der Waals surface area (Å²) in [4.78, 5) is 14.2. The Bertz CT molecular complexity index is 503. The molecule has 24 heavy (non-hydrogen) atoms. The van der Waals surface area contributed by atoms with Gasteiger partial charge in [-0.2, -0.15) is 4.37 Å². The standard InChI is InChI=1S/C17H32N6S/c1-5-14(6-2)13-19-16(18-8-4)22-9-11-23(12-10-22)17-20-15(7-3)21-24-17/h14H,5-13H2,1-4H3,(H,18,19). The fourth-order valence-corrected chi connectivity index (χ4v) is 3.62. The van der Waals surface area contributed by atoms with Crippen molar-refractivity contribution in [1.82, 2.24) is 19.6 Å². The maximum Gasteiger partial charge on any atom is 0.205 e. The molecule has 136 valence electrons. The zero-order valence-electron chi connectivity index (χ0n) is 15.6. The molecule has 0 amide bonds. The number of nitrogens with one attached hydrogen (secondary N) is 1. The lowest BCUT2D eigenvalue weighted by Gasteiger charge is -2.36. The maximum atomic E-state index is 4.88. The second-order valence-electron chi connectivity index (χ2n) is 6.20. The van der Waals surface area contributed by atoms with Crippen LogP contribution in [0.1, 0.15) is 46.4 Å². The molecule has 7 heteroatoms. The summed E-state index contributed by atoms with van der Waals surface area (Å²) in [6.07, 6.45) is 3.30. The number of aryl methyl sites for hydroxylation is 1. The van der Waals surface area contributed by atoms with Gasteiger partial charge in [0, 0.05) is 57.2 Å². The highest BCUT2D eigenvalue weighted by molar-refractivity contribution is 7.09. The van der Waals surface area contributed by atoms with Gasteiger partial charge in [-0.1, -0.05) is 33.6 Å². The summed E-state index contributed by atoms with van der Waals surface area (Å²) in [5.41, 5.74) is 0. The first kappa shape index (κ1) is 19.0. The molecule has 0 spiro atoms. The van der Waals surface area contributed by atoms with Crippen LogP contribution in [0.15, 0.2) is 4.99 Å². The number of aliphatic imine (C=N–C) groups is 1. The van der Waals surface area contributed by atoms with E-state index in [0.717, 1.165) is 62.6 Å². The predicted octanol–water partition coefficient (Wildman–Crippen LogP) is 2.62. The molecule has 1 fully saturated rings. The van der Waals surface area contributed by atoms with Gasteiger partial charge < -0.3 is 15.1 Å². The fourth-order valence-electron chi connectivity index (χ4n) is 2.81. The quantitative estimate of drug-likeness (QED) is 0.604. The summed E-state index contributed by atoms with van der Waals surface area (Å²) >= 11 is 1.52. The molecule has 0 aromatic carbocycles. The Morgan fingerprint density at radius 3 is 2.42 bits per heavy atom. The van der Waals surface area contributed by atoms with Crippen molar-refractivity contribution in [2.45, 2.75) is 47.0 Å². The number of hydrogen-bond donors (Lipinski definition) is 1. The molecule has 1 aliphatic rings. The topological polar surface area (TPSA) is 56.7 Å². The first-order valence-corrected chi connectivity index (χ1v) is 10.1. The minimum absolute atomic E-state index is 0.689. The van der Waals surface area contributed by atoms with Crippen molar-refractivity contribution in [2.75, 3.05) is 44.2 Å². The van der Waals surface area contributed by atoms with Gasteiger partial charge in [0.05, 0.1) is 0 Å². The highest BCUT2D eigenvalue weighted by Crippen LogP contribution is 2.19. The van der Waals surface area contributed by atoms with Crippen molar-refractivity contribution < 1.29 is 0 Å². The predicted molar refractivity (Wildman–Crippen MR) is 103 cm³/mol. The van der Waals surface area contributed by atoms with Crippen LogP contribution in [0.4, 0.5) is 5.13 Å². The van der Waals surface area contributed by atoms with Gasteiger partial charge in [-0.15, -0.1) is 0 Å². The van der Waals surface area contributed by atoms with Gasteiger partial charge >= 0.3 is 0 Å². The largest absolute Gasteiger partial charge is 0.357 e. The lowest BCUT2D eigenvalue weighted by Crippen LogP contribution is -2.52. The van der Waals surface area contributed by atoms with Crippen LogP contribution in [0.5, 0.6) is 0 Å². The van der Waals surface area contributed by atoms with E-state index in [2.05, 4.69) is 52.2 Å². The zero-order valence-corrected chi connectivity index (χ0v) is 16.4. The number of hydrogen-bond acceptors (Lipinski definition) is 5. The number of piperazine rings is 1. The Hall–Kier alpha value is -1.37. The lowest BCUT2D eigenvalue weighted by molar-refractivity contribution is 0.370. The molecule has 0 aliphatic carbocycles. The van der Waals surface area contributed by atoms with Crippen LogP contribution < -0.4 is 10.2 Å². The van der Waals surface area contributed by atoms with Gasteiger partial charge in [0.25, 0.3) is 0 Å². The second kappa shape index (κ2) is 9.81. The Labute approximate surface area is 150 Å². The van der Waals surface area contributed by atoms with E-state index in [1.54, 1.807) is 0 Å². The Morgan fingerprint density at radius 1 is 1.17 bits per heavy atom. The van der Waals surface area contributed by atoms with Crippen LogP contribution in [0, 0.1) is 5.92 Å².